The minimum atomic E-state index is -0.287. The third kappa shape index (κ3) is 3.05. The van der Waals surface area contributed by atoms with E-state index >= 15 is 0 Å². The number of fused-ring (bicyclic) bond motifs is 1. The lowest BCUT2D eigenvalue weighted by atomic mass is 10.3. The van der Waals surface area contributed by atoms with E-state index in [-0.39, 0.29) is 11.7 Å². The first-order valence-corrected chi connectivity index (χ1v) is 6.26. The minimum Gasteiger partial charge on any atom is -0.345 e. The lowest BCUT2D eigenvalue weighted by Gasteiger charge is -1.97. The molecule has 1 amide bonds. The summed E-state index contributed by atoms with van der Waals surface area (Å²) in [5, 5.41) is 3.54. The summed E-state index contributed by atoms with van der Waals surface area (Å²) in [5.74, 6) is 4.35. The molecule has 0 atom stereocenters. The molecule has 1 aromatic heterocycles. The van der Waals surface area contributed by atoms with Crippen molar-refractivity contribution < 1.29 is 9.18 Å². The molecule has 1 heterocycles. The number of carbonyl (C=O) groups excluding carboxylic acids is 1. The topological polar surface area (TPSA) is 42.0 Å². The van der Waals surface area contributed by atoms with E-state index in [4.69, 9.17) is 0 Å². The van der Waals surface area contributed by atoms with Gasteiger partial charge in [0.15, 0.2) is 0 Å². The number of thiazole rings is 1. The van der Waals surface area contributed by atoms with Gasteiger partial charge >= 0.3 is 0 Å². The van der Waals surface area contributed by atoms with Crippen LogP contribution < -0.4 is 5.32 Å². The first kappa shape index (κ1) is 12.5. The van der Waals surface area contributed by atoms with Crippen LogP contribution in [0.5, 0.6) is 0 Å². The molecule has 0 saturated carbocycles. The average molecular weight is 262 g/mol. The molecule has 1 aromatic carbocycles. The van der Waals surface area contributed by atoms with Gasteiger partial charge in [0.2, 0.25) is 0 Å². The Bertz CT molecular complexity index is 639. The monoisotopic (exact) mass is 262 g/mol. The van der Waals surface area contributed by atoms with Crippen LogP contribution in [-0.2, 0) is 11.2 Å². The van der Waals surface area contributed by atoms with Crippen molar-refractivity contribution in [2.24, 2.45) is 0 Å². The molecule has 18 heavy (non-hydrogen) atoms. The number of halogens is 1. The van der Waals surface area contributed by atoms with E-state index in [0.717, 1.165) is 9.71 Å². The Hall–Kier alpha value is -1.93. The highest BCUT2D eigenvalue weighted by Gasteiger charge is 2.05. The van der Waals surface area contributed by atoms with E-state index in [1.165, 1.54) is 23.5 Å². The van der Waals surface area contributed by atoms with Gasteiger partial charge in [0.25, 0.3) is 5.91 Å². The van der Waals surface area contributed by atoms with Gasteiger partial charge < -0.3 is 5.32 Å². The fourth-order valence-corrected chi connectivity index (χ4v) is 2.44. The first-order valence-electron chi connectivity index (χ1n) is 5.44. The second kappa shape index (κ2) is 5.61. The van der Waals surface area contributed by atoms with E-state index in [9.17, 15) is 9.18 Å². The molecule has 0 saturated heterocycles. The van der Waals surface area contributed by atoms with Gasteiger partial charge in [0.1, 0.15) is 5.82 Å². The third-order valence-corrected chi connectivity index (χ3v) is 3.35. The first-order chi connectivity index (χ1) is 8.69. The van der Waals surface area contributed by atoms with Crippen molar-refractivity contribution >= 4 is 27.5 Å². The lowest BCUT2D eigenvalue weighted by Crippen LogP contribution is -2.23. The molecule has 3 nitrogen and oxygen atoms in total. The van der Waals surface area contributed by atoms with Crippen LogP contribution in [0.15, 0.2) is 18.2 Å². The number of carbonyl (C=O) groups is 1. The summed E-state index contributed by atoms with van der Waals surface area (Å²) >= 11 is 1.51. The van der Waals surface area contributed by atoms with E-state index in [1.54, 1.807) is 13.0 Å². The van der Waals surface area contributed by atoms with Crippen LogP contribution >= 0.6 is 11.3 Å². The zero-order valence-corrected chi connectivity index (χ0v) is 10.6. The largest absolute Gasteiger partial charge is 0.345 e. The molecule has 92 valence electrons. The Morgan fingerprint density at radius 2 is 2.39 bits per heavy atom. The maximum atomic E-state index is 13.0. The van der Waals surface area contributed by atoms with Crippen molar-refractivity contribution in [2.75, 3.05) is 6.54 Å². The number of hydrogen-bond acceptors (Lipinski definition) is 3. The van der Waals surface area contributed by atoms with Gasteiger partial charge in [0.05, 0.1) is 15.2 Å². The smallest absolute Gasteiger partial charge is 0.295 e. The van der Waals surface area contributed by atoms with Gasteiger partial charge in [-0.25, -0.2) is 9.37 Å². The molecule has 0 unspecified atom stereocenters. The minimum absolute atomic E-state index is 0.286. The van der Waals surface area contributed by atoms with Gasteiger partial charge in [-0.05, 0) is 25.0 Å². The fraction of sp³-hybridized carbons (Fsp3) is 0.231. The molecular weight excluding hydrogens is 251 g/mol. The molecule has 0 bridgehead atoms. The fourth-order valence-electron chi connectivity index (χ4n) is 1.50. The molecule has 0 radical (unpaired) electrons. The Morgan fingerprint density at radius 3 is 3.17 bits per heavy atom. The van der Waals surface area contributed by atoms with Crippen molar-refractivity contribution in [2.45, 2.75) is 13.3 Å². The molecule has 2 rings (SSSR count). The number of rotatable bonds is 3. The Labute approximate surface area is 108 Å². The van der Waals surface area contributed by atoms with Crippen LogP contribution in [0, 0.1) is 17.7 Å². The summed E-state index contributed by atoms with van der Waals surface area (Å²) in [4.78, 5) is 15.4. The predicted octanol–water partition coefficient (Wildman–Crippen LogP) is 2.12. The van der Waals surface area contributed by atoms with Gasteiger partial charge in [0, 0.05) is 19.0 Å². The Kier molecular flexibility index (Phi) is 3.90. The summed E-state index contributed by atoms with van der Waals surface area (Å²) in [7, 11) is 0. The van der Waals surface area contributed by atoms with Crippen molar-refractivity contribution in [1.82, 2.24) is 10.3 Å². The Morgan fingerprint density at radius 1 is 1.56 bits per heavy atom. The molecule has 1 N–H and O–H groups in total. The van der Waals surface area contributed by atoms with Gasteiger partial charge in [-0.15, -0.1) is 11.3 Å². The number of nitrogens with zero attached hydrogens (tertiary/aromatic N) is 1. The van der Waals surface area contributed by atoms with Crippen LogP contribution in [0.2, 0.25) is 0 Å². The SMILES string of the molecule is CC#CC(=O)NCCc1nc2cc(F)ccc2s1. The van der Waals surface area contributed by atoms with Crippen LogP contribution in [0.3, 0.4) is 0 Å². The standard InChI is InChI=1S/C13H11FN2OS/c1-2-3-12(17)15-7-6-13-16-10-8-9(14)4-5-11(10)18-13/h4-5,8H,6-7H2,1H3,(H,15,17). The maximum absolute atomic E-state index is 13.0. The van der Waals surface area contributed by atoms with E-state index < -0.39 is 0 Å². The summed E-state index contributed by atoms with van der Waals surface area (Å²) in [5.41, 5.74) is 0.662. The van der Waals surface area contributed by atoms with Crippen LogP contribution in [-0.4, -0.2) is 17.4 Å². The van der Waals surface area contributed by atoms with Crippen LogP contribution in [0.25, 0.3) is 10.2 Å². The molecular formula is C13H11FN2OS. The molecule has 0 fully saturated rings. The zero-order chi connectivity index (χ0) is 13.0. The Balaban J connectivity index is 1.99. The quantitative estimate of drug-likeness (QED) is 0.861. The van der Waals surface area contributed by atoms with Gasteiger partial charge in [-0.1, -0.05) is 5.92 Å². The van der Waals surface area contributed by atoms with Crippen molar-refractivity contribution in [1.29, 1.82) is 0 Å². The molecule has 5 heteroatoms. The number of nitrogens with one attached hydrogen (secondary N) is 1. The summed E-state index contributed by atoms with van der Waals surface area (Å²) in [6.45, 7) is 2.09. The number of hydrogen-bond donors (Lipinski definition) is 1. The molecule has 0 aliphatic carbocycles. The van der Waals surface area contributed by atoms with Crippen molar-refractivity contribution in [3.05, 3.63) is 29.0 Å². The van der Waals surface area contributed by atoms with E-state index in [0.29, 0.717) is 18.5 Å². The summed E-state index contributed by atoms with van der Waals surface area (Å²) in [6.07, 6.45) is 0.623. The second-order valence-corrected chi connectivity index (χ2v) is 4.72. The zero-order valence-electron chi connectivity index (χ0n) is 9.79. The summed E-state index contributed by atoms with van der Waals surface area (Å²) in [6, 6.07) is 4.55. The molecule has 0 aliphatic heterocycles. The lowest BCUT2D eigenvalue weighted by molar-refractivity contribution is -0.115. The van der Waals surface area contributed by atoms with Crippen LogP contribution in [0.1, 0.15) is 11.9 Å². The highest BCUT2D eigenvalue weighted by atomic mass is 32.1. The molecule has 0 spiro atoms. The number of benzene rings is 1. The predicted molar refractivity (Wildman–Crippen MR) is 69.7 cm³/mol. The summed E-state index contributed by atoms with van der Waals surface area (Å²) < 4.78 is 13.9. The average Bonchev–Trinajstić information content (AvgIpc) is 2.71. The molecule has 0 aliphatic rings. The highest BCUT2D eigenvalue weighted by molar-refractivity contribution is 7.18. The van der Waals surface area contributed by atoms with Crippen molar-refractivity contribution in [3.63, 3.8) is 0 Å². The maximum Gasteiger partial charge on any atom is 0.295 e. The van der Waals surface area contributed by atoms with Crippen molar-refractivity contribution in [3.8, 4) is 11.8 Å². The highest BCUT2D eigenvalue weighted by Crippen LogP contribution is 2.22. The third-order valence-electron chi connectivity index (χ3n) is 2.26. The van der Waals surface area contributed by atoms with E-state index in [2.05, 4.69) is 22.1 Å². The van der Waals surface area contributed by atoms with Gasteiger partial charge in [-0.3, -0.25) is 4.79 Å². The van der Waals surface area contributed by atoms with Crippen LogP contribution in [0.4, 0.5) is 4.39 Å². The second-order valence-electron chi connectivity index (χ2n) is 3.60. The number of amides is 1. The molecule has 2 aromatic rings. The number of aromatic nitrogens is 1. The van der Waals surface area contributed by atoms with Gasteiger partial charge in [-0.2, -0.15) is 0 Å². The normalized spacial score (nSPS) is 9.89. The van der Waals surface area contributed by atoms with E-state index in [1.807, 2.05) is 0 Å².